The molecule has 2 aromatic heterocycles. The summed E-state index contributed by atoms with van der Waals surface area (Å²) in [5.41, 5.74) is 7.34. The van der Waals surface area contributed by atoms with E-state index in [4.69, 9.17) is 5.73 Å². The van der Waals surface area contributed by atoms with E-state index in [1.807, 2.05) is 18.9 Å². The minimum atomic E-state index is -4.41. The molecular formula is C17H21F3N6. The van der Waals surface area contributed by atoms with Crippen molar-refractivity contribution in [2.24, 2.45) is 18.9 Å². The summed E-state index contributed by atoms with van der Waals surface area (Å²) in [4.78, 5) is 9.84. The monoisotopic (exact) mass is 366 g/mol. The van der Waals surface area contributed by atoms with Crippen molar-refractivity contribution in [3.63, 3.8) is 0 Å². The van der Waals surface area contributed by atoms with Gasteiger partial charge in [0, 0.05) is 44.0 Å². The number of hydrogen-bond acceptors (Lipinski definition) is 5. The Morgan fingerprint density at radius 1 is 1.12 bits per heavy atom. The van der Waals surface area contributed by atoms with Gasteiger partial charge in [-0.3, -0.25) is 4.68 Å². The number of aryl methyl sites for hydroxylation is 1. The second-order valence-electron chi connectivity index (χ2n) is 7.38. The minimum Gasteiger partial charge on any atom is -0.384 e. The summed E-state index contributed by atoms with van der Waals surface area (Å²) in [6.07, 6.45) is -0.660. The second kappa shape index (κ2) is 5.85. The van der Waals surface area contributed by atoms with Gasteiger partial charge in [-0.15, -0.1) is 0 Å². The molecule has 2 N–H and O–H groups in total. The number of aromatic nitrogens is 4. The first-order chi connectivity index (χ1) is 12.2. The number of anilines is 2. The van der Waals surface area contributed by atoms with Gasteiger partial charge in [-0.2, -0.15) is 18.3 Å². The molecule has 1 aliphatic heterocycles. The molecule has 3 heterocycles. The van der Waals surface area contributed by atoms with Gasteiger partial charge in [0.15, 0.2) is 0 Å². The van der Waals surface area contributed by atoms with Gasteiger partial charge in [-0.1, -0.05) is 0 Å². The predicted octanol–water partition coefficient (Wildman–Crippen LogP) is 2.75. The van der Waals surface area contributed by atoms with E-state index in [-0.39, 0.29) is 0 Å². The summed E-state index contributed by atoms with van der Waals surface area (Å²) >= 11 is 0. The summed E-state index contributed by atoms with van der Waals surface area (Å²) < 4.78 is 39.6. The first kappa shape index (κ1) is 17.1. The summed E-state index contributed by atoms with van der Waals surface area (Å²) in [7, 11) is 1.85. The van der Waals surface area contributed by atoms with Crippen LogP contribution in [-0.2, 0) is 13.2 Å². The van der Waals surface area contributed by atoms with Gasteiger partial charge >= 0.3 is 6.18 Å². The number of nitrogen functional groups attached to an aromatic ring is 1. The van der Waals surface area contributed by atoms with Crippen LogP contribution < -0.4 is 10.6 Å². The fraction of sp³-hybridized carbons (Fsp3) is 0.588. The zero-order valence-corrected chi connectivity index (χ0v) is 14.7. The van der Waals surface area contributed by atoms with E-state index in [0.717, 1.165) is 49.6 Å². The van der Waals surface area contributed by atoms with Crippen LogP contribution in [-0.4, -0.2) is 32.8 Å². The topological polar surface area (TPSA) is 72.9 Å². The van der Waals surface area contributed by atoms with Crippen molar-refractivity contribution in [2.45, 2.75) is 31.9 Å². The maximum Gasteiger partial charge on any atom is 0.419 e. The quantitative estimate of drug-likeness (QED) is 0.885. The highest BCUT2D eigenvalue weighted by Gasteiger charge is 2.43. The smallest absolute Gasteiger partial charge is 0.384 e. The summed E-state index contributed by atoms with van der Waals surface area (Å²) in [6, 6.07) is 0. The first-order valence-electron chi connectivity index (χ1n) is 8.67. The third-order valence-electron chi connectivity index (χ3n) is 5.76. The Morgan fingerprint density at radius 3 is 2.15 bits per heavy atom. The van der Waals surface area contributed by atoms with Gasteiger partial charge in [0.05, 0.1) is 11.3 Å². The van der Waals surface area contributed by atoms with Crippen molar-refractivity contribution < 1.29 is 13.2 Å². The van der Waals surface area contributed by atoms with Crippen LogP contribution in [0.4, 0.5) is 24.9 Å². The lowest BCUT2D eigenvalue weighted by Crippen LogP contribution is -2.24. The van der Waals surface area contributed by atoms with Crippen LogP contribution >= 0.6 is 0 Å². The zero-order chi connectivity index (χ0) is 18.6. The van der Waals surface area contributed by atoms with Crippen LogP contribution in [0.25, 0.3) is 0 Å². The molecule has 1 aliphatic carbocycles. The average Bonchev–Trinajstić information content (AvgIpc) is 3.22. The van der Waals surface area contributed by atoms with E-state index in [2.05, 4.69) is 15.1 Å². The van der Waals surface area contributed by atoms with Crippen molar-refractivity contribution in [3.05, 3.63) is 29.2 Å². The van der Waals surface area contributed by atoms with E-state index in [1.54, 1.807) is 4.68 Å². The third-order valence-corrected chi connectivity index (χ3v) is 5.76. The van der Waals surface area contributed by atoms with Crippen molar-refractivity contribution in [2.75, 3.05) is 23.7 Å². The Kier molecular flexibility index (Phi) is 3.85. The SMILES string of the molecule is Cc1c(C2CC3CN(c4ncc(C(F)(F)F)cn4)CC3C2)nn(C)c1N. The Hall–Kier alpha value is -2.32. The van der Waals surface area contributed by atoms with Crippen LogP contribution in [0.2, 0.25) is 0 Å². The van der Waals surface area contributed by atoms with Gasteiger partial charge in [-0.25, -0.2) is 9.97 Å². The predicted molar refractivity (Wildman–Crippen MR) is 90.6 cm³/mol. The molecule has 0 bridgehead atoms. The van der Waals surface area contributed by atoms with Crippen molar-refractivity contribution in [1.82, 2.24) is 19.7 Å². The number of alkyl halides is 3. The van der Waals surface area contributed by atoms with Crippen molar-refractivity contribution in [1.29, 1.82) is 0 Å². The highest BCUT2D eigenvalue weighted by molar-refractivity contribution is 5.44. The van der Waals surface area contributed by atoms with Gasteiger partial charge in [0.2, 0.25) is 5.95 Å². The maximum absolute atomic E-state index is 12.6. The number of nitrogens with two attached hydrogens (primary N) is 1. The Morgan fingerprint density at radius 2 is 1.69 bits per heavy atom. The highest BCUT2D eigenvalue weighted by Crippen LogP contribution is 2.47. The van der Waals surface area contributed by atoms with E-state index < -0.39 is 11.7 Å². The number of hydrogen-bond donors (Lipinski definition) is 1. The Balaban J connectivity index is 1.44. The zero-order valence-electron chi connectivity index (χ0n) is 14.7. The molecule has 140 valence electrons. The fourth-order valence-corrected chi connectivity index (χ4v) is 4.37. The molecule has 0 aromatic carbocycles. The normalized spacial score (nSPS) is 25.7. The van der Waals surface area contributed by atoms with Crippen LogP contribution in [0.3, 0.4) is 0 Å². The maximum atomic E-state index is 12.6. The molecule has 2 unspecified atom stereocenters. The average molecular weight is 366 g/mol. The molecule has 1 saturated heterocycles. The van der Waals surface area contributed by atoms with E-state index in [9.17, 15) is 13.2 Å². The number of halogens is 3. The van der Waals surface area contributed by atoms with E-state index in [0.29, 0.717) is 29.5 Å². The standard InChI is InChI=1S/C17H21F3N6/c1-9-14(24-25(2)15(9)21)10-3-11-7-26(8-12(11)4-10)16-22-5-13(6-23-16)17(18,19)20/h5-6,10-12H,3-4,7-8,21H2,1-2H3. The molecule has 6 nitrogen and oxygen atoms in total. The van der Waals surface area contributed by atoms with E-state index in [1.165, 1.54) is 0 Å². The van der Waals surface area contributed by atoms with Gasteiger partial charge in [0.25, 0.3) is 0 Å². The lowest BCUT2D eigenvalue weighted by molar-refractivity contribution is -0.138. The molecular weight excluding hydrogens is 345 g/mol. The number of fused-ring (bicyclic) bond motifs is 1. The molecule has 0 amide bonds. The molecule has 9 heteroatoms. The second-order valence-corrected chi connectivity index (χ2v) is 7.38. The fourth-order valence-electron chi connectivity index (χ4n) is 4.37. The third kappa shape index (κ3) is 2.79. The number of nitrogens with zero attached hydrogens (tertiary/aromatic N) is 5. The van der Waals surface area contributed by atoms with Gasteiger partial charge < -0.3 is 10.6 Å². The van der Waals surface area contributed by atoms with Crippen LogP contribution in [0.5, 0.6) is 0 Å². The van der Waals surface area contributed by atoms with Gasteiger partial charge in [-0.05, 0) is 31.6 Å². The molecule has 1 saturated carbocycles. The number of rotatable bonds is 2. The highest BCUT2D eigenvalue weighted by atomic mass is 19.4. The summed E-state index contributed by atoms with van der Waals surface area (Å²) in [5, 5.41) is 4.58. The van der Waals surface area contributed by atoms with Crippen molar-refractivity contribution in [3.8, 4) is 0 Å². The molecule has 2 fully saturated rings. The van der Waals surface area contributed by atoms with Crippen LogP contribution in [0.15, 0.2) is 12.4 Å². The van der Waals surface area contributed by atoms with E-state index >= 15 is 0 Å². The lowest BCUT2D eigenvalue weighted by atomic mass is 9.98. The Bertz CT molecular complexity index is 799. The summed E-state index contributed by atoms with van der Waals surface area (Å²) in [5.74, 6) is 2.44. The molecule has 26 heavy (non-hydrogen) atoms. The molecule has 0 radical (unpaired) electrons. The molecule has 0 spiro atoms. The van der Waals surface area contributed by atoms with Crippen LogP contribution in [0, 0.1) is 18.8 Å². The molecule has 2 aromatic rings. The van der Waals surface area contributed by atoms with Gasteiger partial charge in [0.1, 0.15) is 5.82 Å². The minimum absolute atomic E-state index is 0.377. The van der Waals surface area contributed by atoms with Crippen molar-refractivity contribution >= 4 is 11.8 Å². The molecule has 2 atom stereocenters. The summed E-state index contributed by atoms with van der Waals surface area (Å²) in [6.45, 7) is 3.55. The first-order valence-corrected chi connectivity index (χ1v) is 8.67. The van der Waals surface area contributed by atoms with Crippen LogP contribution in [0.1, 0.15) is 35.6 Å². The Labute approximate surface area is 149 Å². The molecule has 4 rings (SSSR count). The molecule has 2 aliphatic rings. The lowest BCUT2D eigenvalue weighted by Gasteiger charge is -2.19. The largest absolute Gasteiger partial charge is 0.419 e.